The van der Waals surface area contributed by atoms with Gasteiger partial charge in [-0.3, -0.25) is 4.40 Å². The van der Waals surface area contributed by atoms with Gasteiger partial charge in [0.05, 0.1) is 5.52 Å². The normalized spacial score (nSPS) is 11.9. The Kier molecular flexibility index (Phi) is 2.35. The number of benzene rings is 3. The molecule has 0 aliphatic carbocycles. The molecule has 0 unspecified atom stereocenters. The number of hydrogen-bond donors (Lipinski definition) is 0. The minimum absolute atomic E-state index is 0.231. The van der Waals surface area contributed by atoms with Gasteiger partial charge in [-0.2, -0.15) is 0 Å². The third kappa shape index (κ3) is 1.59. The van der Waals surface area contributed by atoms with E-state index in [0.717, 1.165) is 27.3 Å². The van der Waals surface area contributed by atoms with Crippen LogP contribution < -0.4 is 0 Å². The fourth-order valence-corrected chi connectivity index (χ4v) is 3.66. The summed E-state index contributed by atoms with van der Waals surface area (Å²) in [6.07, 6.45) is 3.66. The van der Waals surface area contributed by atoms with Crippen LogP contribution in [0.2, 0.25) is 0 Å². The van der Waals surface area contributed by atoms with Crippen molar-refractivity contribution in [2.45, 2.75) is 6.92 Å². The molecule has 0 amide bonds. The van der Waals surface area contributed by atoms with Crippen molar-refractivity contribution >= 4 is 38.1 Å². The van der Waals surface area contributed by atoms with Crippen LogP contribution in [0.15, 0.2) is 60.9 Å². The van der Waals surface area contributed by atoms with Crippen molar-refractivity contribution in [2.75, 3.05) is 0 Å². The van der Waals surface area contributed by atoms with Gasteiger partial charge in [0, 0.05) is 23.2 Å². The third-order valence-electron chi connectivity index (χ3n) is 4.68. The summed E-state index contributed by atoms with van der Waals surface area (Å²) in [5, 5.41) is 5.73. The number of aromatic nitrogens is 2. The van der Waals surface area contributed by atoms with Crippen LogP contribution in [0, 0.1) is 12.7 Å². The maximum absolute atomic E-state index is 13.8. The molecule has 3 heteroatoms. The van der Waals surface area contributed by atoms with E-state index >= 15 is 0 Å². The van der Waals surface area contributed by atoms with Crippen LogP contribution >= 0.6 is 0 Å². The summed E-state index contributed by atoms with van der Waals surface area (Å²) in [6, 6.07) is 15.5. The Bertz CT molecular complexity index is 1230. The highest BCUT2D eigenvalue weighted by molar-refractivity contribution is 6.18. The Morgan fingerprint density at radius 3 is 2.74 bits per heavy atom. The SMILES string of the molecule is Cc1c2ccccc2cc2c1c1ccc(F)cc1n1ccnc21. The van der Waals surface area contributed by atoms with Gasteiger partial charge in [-0.15, -0.1) is 0 Å². The lowest BCUT2D eigenvalue weighted by molar-refractivity contribution is 0.629. The molecule has 0 aliphatic heterocycles. The van der Waals surface area contributed by atoms with Crippen molar-refractivity contribution in [3.8, 4) is 0 Å². The molecule has 2 aromatic heterocycles. The molecule has 3 aromatic carbocycles. The van der Waals surface area contributed by atoms with E-state index < -0.39 is 0 Å². The number of nitrogens with zero attached hydrogens (tertiary/aromatic N) is 2. The molecule has 0 N–H and O–H groups in total. The van der Waals surface area contributed by atoms with E-state index in [1.54, 1.807) is 12.3 Å². The number of fused-ring (bicyclic) bond motifs is 7. The molecular weight excluding hydrogens is 287 g/mol. The average Bonchev–Trinajstić information content (AvgIpc) is 3.05. The van der Waals surface area contributed by atoms with Crippen molar-refractivity contribution < 1.29 is 4.39 Å². The average molecular weight is 300 g/mol. The molecule has 0 bridgehead atoms. The highest BCUT2D eigenvalue weighted by Crippen LogP contribution is 2.35. The van der Waals surface area contributed by atoms with Crippen molar-refractivity contribution in [3.05, 3.63) is 72.3 Å². The highest BCUT2D eigenvalue weighted by atomic mass is 19.1. The zero-order valence-electron chi connectivity index (χ0n) is 12.5. The smallest absolute Gasteiger partial charge is 0.145 e. The van der Waals surface area contributed by atoms with Crippen molar-refractivity contribution in [2.24, 2.45) is 0 Å². The number of pyridine rings is 1. The molecule has 0 saturated heterocycles. The molecule has 0 radical (unpaired) electrons. The first-order valence-corrected chi connectivity index (χ1v) is 7.60. The number of imidazole rings is 1. The molecule has 0 aliphatic rings. The van der Waals surface area contributed by atoms with Gasteiger partial charge in [-0.05, 0) is 52.9 Å². The lowest BCUT2D eigenvalue weighted by atomic mass is 9.95. The third-order valence-corrected chi connectivity index (χ3v) is 4.68. The van der Waals surface area contributed by atoms with E-state index in [4.69, 9.17) is 0 Å². The fraction of sp³-hybridized carbons (Fsp3) is 0.0500. The molecule has 2 heterocycles. The standard InChI is InChI=1S/C20H13FN2/c1-12-15-5-3-2-4-13(15)10-17-19(12)16-7-6-14(21)11-18(16)23-9-8-22-20(17)23/h2-11H,1H3. The zero-order chi connectivity index (χ0) is 15.6. The van der Waals surface area contributed by atoms with Crippen LogP contribution in [-0.2, 0) is 0 Å². The highest BCUT2D eigenvalue weighted by Gasteiger charge is 2.13. The lowest BCUT2D eigenvalue weighted by Crippen LogP contribution is -1.94. The van der Waals surface area contributed by atoms with Crippen molar-refractivity contribution in [3.63, 3.8) is 0 Å². The molecule has 0 saturated carbocycles. The molecule has 5 aromatic rings. The summed E-state index contributed by atoms with van der Waals surface area (Å²) in [5.74, 6) is -0.231. The molecule has 2 nitrogen and oxygen atoms in total. The first kappa shape index (κ1) is 12.6. The number of halogens is 1. The Hall–Kier alpha value is -2.94. The Labute approximate surface area is 131 Å². The summed E-state index contributed by atoms with van der Waals surface area (Å²) >= 11 is 0. The largest absolute Gasteiger partial charge is 0.299 e. The van der Waals surface area contributed by atoms with Gasteiger partial charge in [0.2, 0.25) is 0 Å². The van der Waals surface area contributed by atoms with E-state index in [2.05, 4.69) is 36.2 Å². The monoisotopic (exact) mass is 300 g/mol. The van der Waals surface area contributed by atoms with Crippen LogP contribution in [0.25, 0.3) is 38.1 Å². The predicted molar refractivity (Wildman–Crippen MR) is 92.4 cm³/mol. The minimum Gasteiger partial charge on any atom is -0.299 e. The number of rotatable bonds is 0. The second-order valence-corrected chi connectivity index (χ2v) is 5.93. The Morgan fingerprint density at radius 1 is 0.957 bits per heavy atom. The number of aryl methyl sites for hydroxylation is 1. The van der Waals surface area contributed by atoms with Gasteiger partial charge in [0.1, 0.15) is 11.5 Å². The molecule has 0 atom stereocenters. The van der Waals surface area contributed by atoms with Crippen LogP contribution in [-0.4, -0.2) is 9.38 Å². The molecule has 0 spiro atoms. The summed E-state index contributed by atoms with van der Waals surface area (Å²) < 4.78 is 15.8. The Balaban J connectivity index is 2.20. The van der Waals surface area contributed by atoms with E-state index in [1.165, 1.54) is 22.4 Å². The summed E-state index contributed by atoms with van der Waals surface area (Å²) in [6.45, 7) is 2.13. The molecule has 110 valence electrons. The second-order valence-electron chi connectivity index (χ2n) is 5.93. The fourth-order valence-electron chi connectivity index (χ4n) is 3.66. The van der Waals surface area contributed by atoms with Gasteiger partial charge in [0.15, 0.2) is 0 Å². The van der Waals surface area contributed by atoms with E-state index in [1.807, 2.05) is 22.7 Å². The van der Waals surface area contributed by atoms with E-state index in [-0.39, 0.29) is 5.82 Å². The molecule has 5 rings (SSSR count). The summed E-state index contributed by atoms with van der Waals surface area (Å²) in [4.78, 5) is 4.52. The predicted octanol–water partition coefficient (Wildman–Crippen LogP) is 5.24. The maximum Gasteiger partial charge on any atom is 0.145 e. The van der Waals surface area contributed by atoms with Gasteiger partial charge in [-0.25, -0.2) is 9.37 Å². The van der Waals surface area contributed by atoms with E-state index in [9.17, 15) is 4.39 Å². The minimum atomic E-state index is -0.231. The second kappa shape index (κ2) is 4.29. The quantitative estimate of drug-likeness (QED) is 0.282. The molecule has 0 fully saturated rings. The van der Waals surface area contributed by atoms with Gasteiger partial charge in [0.25, 0.3) is 0 Å². The topological polar surface area (TPSA) is 17.3 Å². The lowest BCUT2D eigenvalue weighted by Gasteiger charge is -2.13. The van der Waals surface area contributed by atoms with Crippen molar-refractivity contribution in [1.29, 1.82) is 0 Å². The van der Waals surface area contributed by atoms with Crippen LogP contribution in [0.3, 0.4) is 0 Å². The van der Waals surface area contributed by atoms with Crippen LogP contribution in [0.1, 0.15) is 5.56 Å². The molecule has 23 heavy (non-hydrogen) atoms. The molecular formula is C20H13FN2. The van der Waals surface area contributed by atoms with Crippen LogP contribution in [0.5, 0.6) is 0 Å². The summed E-state index contributed by atoms with van der Waals surface area (Å²) in [7, 11) is 0. The summed E-state index contributed by atoms with van der Waals surface area (Å²) in [5.41, 5.74) is 2.93. The Morgan fingerprint density at radius 2 is 1.83 bits per heavy atom. The van der Waals surface area contributed by atoms with Crippen molar-refractivity contribution in [1.82, 2.24) is 9.38 Å². The van der Waals surface area contributed by atoms with Gasteiger partial charge < -0.3 is 0 Å². The first-order chi connectivity index (χ1) is 11.2. The van der Waals surface area contributed by atoms with Crippen LogP contribution in [0.4, 0.5) is 4.39 Å². The zero-order valence-corrected chi connectivity index (χ0v) is 12.5. The van der Waals surface area contributed by atoms with Gasteiger partial charge >= 0.3 is 0 Å². The first-order valence-electron chi connectivity index (χ1n) is 7.60. The van der Waals surface area contributed by atoms with E-state index in [0.29, 0.717) is 0 Å². The maximum atomic E-state index is 13.8. The number of hydrogen-bond acceptors (Lipinski definition) is 1. The van der Waals surface area contributed by atoms with Gasteiger partial charge in [-0.1, -0.05) is 24.3 Å².